The van der Waals surface area contributed by atoms with Crippen LogP contribution >= 0.6 is 11.3 Å². The zero-order valence-corrected chi connectivity index (χ0v) is 9.91. The standard InChI is InChI=1S/C12H14N2OS/c1-15-8-9-4-2-3-5-10(9)11(13)12-14-6-7-16-12/h2-7,11H,8,13H2,1H3. The van der Waals surface area contributed by atoms with Gasteiger partial charge in [0.1, 0.15) is 5.01 Å². The normalized spacial score (nSPS) is 12.6. The third-order valence-corrected chi connectivity index (χ3v) is 3.27. The third kappa shape index (κ3) is 2.29. The summed E-state index contributed by atoms with van der Waals surface area (Å²) in [5.74, 6) is 0. The number of thiazole rings is 1. The van der Waals surface area contributed by atoms with Crippen LogP contribution in [-0.4, -0.2) is 12.1 Å². The second kappa shape index (κ2) is 5.21. The monoisotopic (exact) mass is 234 g/mol. The van der Waals surface area contributed by atoms with E-state index in [0.29, 0.717) is 6.61 Å². The summed E-state index contributed by atoms with van der Waals surface area (Å²) >= 11 is 1.58. The minimum atomic E-state index is -0.161. The maximum Gasteiger partial charge on any atom is 0.114 e. The number of rotatable bonds is 4. The fraction of sp³-hybridized carbons (Fsp3) is 0.250. The maximum absolute atomic E-state index is 6.18. The van der Waals surface area contributed by atoms with Crippen LogP contribution in [0, 0.1) is 0 Å². The molecule has 0 saturated carbocycles. The zero-order valence-electron chi connectivity index (χ0n) is 9.09. The molecule has 4 heteroatoms. The molecule has 0 spiro atoms. The van der Waals surface area contributed by atoms with Gasteiger partial charge in [-0.1, -0.05) is 24.3 Å². The van der Waals surface area contributed by atoms with Gasteiger partial charge in [-0.15, -0.1) is 11.3 Å². The maximum atomic E-state index is 6.18. The van der Waals surface area contributed by atoms with Crippen LogP contribution in [0.3, 0.4) is 0 Å². The Morgan fingerprint density at radius 1 is 1.44 bits per heavy atom. The van der Waals surface area contributed by atoms with Crippen LogP contribution < -0.4 is 5.73 Å². The van der Waals surface area contributed by atoms with Gasteiger partial charge >= 0.3 is 0 Å². The van der Waals surface area contributed by atoms with E-state index in [-0.39, 0.29) is 6.04 Å². The van der Waals surface area contributed by atoms with E-state index in [9.17, 15) is 0 Å². The second-order valence-corrected chi connectivity index (χ2v) is 4.41. The molecule has 1 heterocycles. The molecule has 1 aromatic heterocycles. The molecule has 1 atom stereocenters. The number of nitrogens with two attached hydrogens (primary N) is 1. The molecular formula is C12H14N2OS. The molecule has 16 heavy (non-hydrogen) atoms. The number of benzene rings is 1. The molecule has 2 aromatic rings. The van der Waals surface area contributed by atoms with Gasteiger partial charge in [0.15, 0.2) is 0 Å². The Bertz CT molecular complexity index is 442. The molecule has 0 bridgehead atoms. The molecule has 1 aromatic carbocycles. The molecule has 1 unspecified atom stereocenters. The second-order valence-electron chi connectivity index (χ2n) is 3.48. The van der Waals surface area contributed by atoms with E-state index in [0.717, 1.165) is 16.1 Å². The van der Waals surface area contributed by atoms with Gasteiger partial charge in [-0.05, 0) is 11.1 Å². The van der Waals surface area contributed by atoms with E-state index in [4.69, 9.17) is 10.5 Å². The van der Waals surface area contributed by atoms with Crippen molar-refractivity contribution in [1.82, 2.24) is 4.98 Å². The lowest BCUT2D eigenvalue weighted by molar-refractivity contribution is 0.184. The fourth-order valence-corrected chi connectivity index (χ4v) is 2.30. The van der Waals surface area contributed by atoms with Crippen molar-refractivity contribution in [3.05, 3.63) is 52.0 Å². The van der Waals surface area contributed by atoms with Crippen molar-refractivity contribution in [2.24, 2.45) is 5.73 Å². The van der Waals surface area contributed by atoms with Crippen LogP contribution in [0.15, 0.2) is 35.8 Å². The smallest absolute Gasteiger partial charge is 0.114 e. The highest BCUT2D eigenvalue weighted by Gasteiger charge is 2.14. The molecule has 0 aliphatic rings. The first-order chi connectivity index (χ1) is 7.83. The molecule has 0 saturated heterocycles. The summed E-state index contributed by atoms with van der Waals surface area (Å²) in [5.41, 5.74) is 8.39. The van der Waals surface area contributed by atoms with Crippen LogP contribution in [0.2, 0.25) is 0 Å². The summed E-state index contributed by atoms with van der Waals surface area (Å²) in [4.78, 5) is 4.25. The number of methoxy groups -OCH3 is 1. The molecule has 2 rings (SSSR count). The van der Waals surface area contributed by atoms with Crippen molar-refractivity contribution in [3.63, 3.8) is 0 Å². The first-order valence-corrected chi connectivity index (χ1v) is 5.92. The van der Waals surface area contributed by atoms with Gasteiger partial charge in [0.2, 0.25) is 0 Å². The Kier molecular flexibility index (Phi) is 3.66. The van der Waals surface area contributed by atoms with E-state index >= 15 is 0 Å². The van der Waals surface area contributed by atoms with Crippen molar-refractivity contribution in [2.45, 2.75) is 12.6 Å². The number of hydrogen-bond donors (Lipinski definition) is 1. The largest absolute Gasteiger partial charge is 0.380 e. The molecule has 2 N–H and O–H groups in total. The van der Waals surface area contributed by atoms with Crippen molar-refractivity contribution in [2.75, 3.05) is 7.11 Å². The van der Waals surface area contributed by atoms with Crippen molar-refractivity contribution < 1.29 is 4.74 Å². The van der Waals surface area contributed by atoms with Gasteiger partial charge in [0.25, 0.3) is 0 Å². The Balaban J connectivity index is 2.32. The van der Waals surface area contributed by atoms with Crippen LogP contribution in [0.25, 0.3) is 0 Å². The lowest BCUT2D eigenvalue weighted by atomic mass is 10.0. The SMILES string of the molecule is COCc1ccccc1C(N)c1nccs1. The summed E-state index contributed by atoms with van der Waals surface area (Å²) in [7, 11) is 1.69. The highest BCUT2D eigenvalue weighted by Crippen LogP contribution is 2.24. The highest BCUT2D eigenvalue weighted by atomic mass is 32.1. The van der Waals surface area contributed by atoms with Crippen LogP contribution in [0.4, 0.5) is 0 Å². The van der Waals surface area contributed by atoms with Crippen LogP contribution in [0.5, 0.6) is 0 Å². The van der Waals surface area contributed by atoms with Gasteiger partial charge in [-0.25, -0.2) is 4.98 Å². The van der Waals surface area contributed by atoms with Gasteiger partial charge < -0.3 is 10.5 Å². The summed E-state index contributed by atoms with van der Waals surface area (Å²) < 4.78 is 5.16. The number of aromatic nitrogens is 1. The Morgan fingerprint density at radius 2 is 2.25 bits per heavy atom. The zero-order chi connectivity index (χ0) is 11.4. The minimum absolute atomic E-state index is 0.161. The molecule has 0 radical (unpaired) electrons. The van der Waals surface area contributed by atoms with Gasteiger partial charge in [-0.2, -0.15) is 0 Å². The fourth-order valence-electron chi connectivity index (χ4n) is 1.65. The Labute approximate surface area is 98.9 Å². The van der Waals surface area contributed by atoms with Gasteiger partial charge in [0, 0.05) is 18.7 Å². The molecule has 0 fully saturated rings. The minimum Gasteiger partial charge on any atom is -0.380 e. The average molecular weight is 234 g/mol. The van der Waals surface area contributed by atoms with E-state index in [1.165, 1.54) is 0 Å². The van der Waals surface area contributed by atoms with Gasteiger partial charge in [0.05, 0.1) is 12.6 Å². The molecule has 3 nitrogen and oxygen atoms in total. The average Bonchev–Trinajstić information content (AvgIpc) is 2.83. The number of nitrogens with zero attached hydrogens (tertiary/aromatic N) is 1. The van der Waals surface area contributed by atoms with E-state index < -0.39 is 0 Å². The summed E-state index contributed by atoms with van der Waals surface area (Å²) in [6, 6.07) is 7.88. The van der Waals surface area contributed by atoms with Crippen molar-refractivity contribution in [1.29, 1.82) is 0 Å². The topological polar surface area (TPSA) is 48.1 Å². The van der Waals surface area contributed by atoms with Crippen LogP contribution in [-0.2, 0) is 11.3 Å². The highest BCUT2D eigenvalue weighted by molar-refractivity contribution is 7.09. The Morgan fingerprint density at radius 3 is 2.94 bits per heavy atom. The lowest BCUT2D eigenvalue weighted by Crippen LogP contribution is -2.14. The number of ether oxygens (including phenoxy) is 1. The van der Waals surface area contributed by atoms with E-state index in [1.54, 1.807) is 24.6 Å². The first-order valence-electron chi connectivity index (χ1n) is 5.04. The molecular weight excluding hydrogens is 220 g/mol. The molecule has 0 aliphatic carbocycles. The Hall–Kier alpha value is -1.23. The molecule has 84 valence electrons. The van der Waals surface area contributed by atoms with Gasteiger partial charge in [-0.3, -0.25) is 0 Å². The third-order valence-electron chi connectivity index (χ3n) is 2.41. The quantitative estimate of drug-likeness (QED) is 0.883. The predicted molar refractivity (Wildman–Crippen MR) is 65.3 cm³/mol. The van der Waals surface area contributed by atoms with E-state index in [2.05, 4.69) is 4.98 Å². The first kappa shape index (κ1) is 11.3. The molecule has 0 aliphatic heterocycles. The number of hydrogen-bond acceptors (Lipinski definition) is 4. The van der Waals surface area contributed by atoms with Crippen LogP contribution in [0.1, 0.15) is 22.2 Å². The summed E-state index contributed by atoms with van der Waals surface area (Å²) in [6.07, 6.45) is 1.78. The lowest BCUT2D eigenvalue weighted by Gasteiger charge is -2.13. The van der Waals surface area contributed by atoms with Crippen molar-refractivity contribution >= 4 is 11.3 Å². The summed E-state index contributed by atoms with van der Waals surface area (Å²) in [5, 5.41) is 2.87. The predicted octanol–water partition coefficient (Wildman–Crippen LogP) is 2.34. The van der Waals surface area contributed by atoms with Crippen molar-refractivity contribution in [3.8, 4) is 0 Å². The molecule has 0 amide bonds. The van der Waals surface area contributed by atoms with E-state index in [1.807, 2.05) is 29.6 Å². The summed E-state index contributed by atoms with van der Waals surface area (Å²) in [6.45, 7) is 0.579.